The Hall–Kier alpha value is -2.40. The van der Waals surface area contributed by atoms with Crippen molar-refractivity contribution in [2.75, 3.05) is 6.54 Å². The van der Waals surface area contributed by atoms with Gasteiger partial charge in [-0.05, 0) is 49.2 Å². The van der Waals surface area contributed by atoms with Crippen molar-refractivity contribution in [2.24, 2.45) is 0 Å². The van der Waals surface area contributed by atoms with Crippen molar-refractivity contribution in [3.05, 3.63) is 70.5 Å². The lowest BCUT2D eigenvalue weighted by Gasteiger charge is -2.29. The molecule has 0 aliphatic carbocycles. The van der Waals surface area contributed by atoms with Gasteiger partial charge in [0.25, 0.3) is 0 Å². The van der Waals surface area contributed by atoms with Gasteiger partial charge in [-0.2, -0.15) is 0 Å². The third kappa shape index (κ3) is 5.56. The molecule has 1 atom stereocenters. The fourth-order valence-electron chi connectivity index (χ4n) is 2.62. The molecule has 2 rings (SSSR count). The Bertz CT molecular complexity index is 765. The number of hydrogen-bond donors (Lipinski definition) is 1. The Morgan fingerprint density at radius 2 is 1.85 bits per heavy atom. The Morgan fingerprint density at radius 3 is 2.46 bits per heavy atom. The minimum atomic E-state index is -0.637. The molecule has 1 N–H and O–H groups in total. The largest absolute Gasteiger partial charge is 0.355 e. The van der Waals surface area contributed by atoms with Gasteiger partial charge in [-0.15, -0.1) is 0 Å². The molecule has 0 saturated carbocycles. The highest BCUT2D eigenvalue weighted by Gasteiger charge is 2.25. The number of amides is 2. The highest BCUT2D eigenvalue weighted by atomic mass is 35.5. The number of carbonyl (C=O) groups is 2. The van der Waals surface area contributed by atoms with Gasteiger partial charge in [0.05, 0.1) is 6.42 Å². The normalized spacial score (nSPS) is 11.7. The van der Waals surface area contributed by atoms with Crippen LogP contribution in [-0.4, -0.2) is 29.3 Å². The first-order valence-corrected chi connectivity index (χ1v) is 8.84. The summed E-state index contributed by atoms with van der Waals surface area (Å²) in [5.41, 5.74) is 1.52. The maximum absolute atomic E-state index is 13.1. The van der Waals surface area contributed by atoms with Crippen LogP contribution in [-0.2, 0) is 22.6 Å². The van der Waals surface area contributed by atoms with Gasteiger partial charge in [-0.3, -0.25) is 9.59 Å². The second-order valence-corrected chi connectivity index (χ2v) is 6.46. The predicted molar refractivity (Wildman–Crippen MR) is 100 cm³/mol. The van der Waals surface area contributed by atoms with Crippen LogP contribution in [0.4, 0.5) is 4.39 Å². The second-order valence-electron chi connectivity index (χ2n) is 6.03. The molecule has 0 heterocycles. The number of nitrogens with one attached hydrogen (secondary N) is 1. The smallest absolute Gasteiger partial charge is 0.242 e. The van der Waals surface area contributed by atoms with E-state index in [1.807, 2.05) is 13.0 Å². The van der Waals surface area contributed by atoms with E-state index in [-0.39, 0.29) is 30.6 Å². The molecule has 2 amide bonds. The highest BCUT2D eigenvalue weighted by molar-refractivity contribution is 6.30. The predicted octanol–water partition coefficient (Wildman–Crippen LogP) is 3.58. The lowest BCUT2D eigenvalue weighted by atomic mass is 10.1. The molecule has 0 spiro atoms. The first-order chi connectivity index (χ1) is 12.4. The second kappa shape index (κ2) is 9.34. The summed E-state index contributed by atoms with van der Waals surface area (Å²) in [6.45, 7) is 4.27. The van der Waals surface area contributed by atoms with Gasteiger partial charge in [0, 0.05) is 18.1 Å². The van der Waals surface area contributed by atoms with E-state index in [1.165, 1.54) is 17.0 Å². The average molecular weight is 377 g/mol. The Morgan fingerprint density at radius 1 is 1.15 bits per heavy atom. The minimum absolute atomic E-state index is 0.0879. The van der Waals surface area contributed by atoms with E-state index in [0.29, 0.717) is 17.1 Å². The average Bonchev–Trinajstić information content (AvgIpc) is 2.61. The molecule has 0 bridgehead atoms. The van der Waals surface area contributed by atoms with Gasteiger partial charge < -0.3 is 10.2 Å². The molecule has 0 aromatic heterocycles. The van der Waals surface area contributed by atoms with Crippen molar-refractivity contribution in [3.63, 3.8) is 0 Å². The Balaban J connectivity index is 2.21. The van der Waals surface area contributed by atoms with E-state index in [9.17, 15) is 14.0 Å². The van der Waals surface area contributed by atoms with Gasteiger partial charge in [-0.25, -0.2) is 4.39 Å². The summed E-state index contributed by atoms with van der Waals surface area (Å²) in [4.78, 5) is 26.6. The molecule has 0 radical (unpaired) electrons. The van der Waals surface area contributed by atoms with Crippen molar-refractivity contribution in [1.29, 1.82) is 0 Å². The summed E-state index contributed by atoms with van der Waals surface area (Å²) in [6, 6.07) is 12.3. The molecule has 0 fully saturated rings. The zero-order valence-electron chi connectivity index (χ0n) is 14.8. The number of carbonyl (C=O) groups excluding carboxylic acids is 2. The number of likely N-dealkylation sites (N-methyl/N-ethyl adjacent to an activating group) is 1. The monoisotopic (exact) mass is 376 g/mol. The SMILES string of the molecule is CCNC(=O)C(C)N(Cc1cccc(Cl)c1)C(=O)Cc1ccc(F)cc1. The fourth-order valence-corrected chi connectivity index (χ4v) is 2.83. The van der Waals surface area contributed by atoms with Gasteiger partial charge >= 0.3 is 0 Å². The van der Waals surface area contributed by atoms with E-state index in [2.05, 4.69) is 5.32 Å². The maximum atomic E-state index is 13.1. The standard InChI is InChI=1S/C20H22ClFN2O2/c1-3-23-20(26)14(2)24(13-16-5-4-6-17(21)11-16)19(25)12-15-7-9-18(22)10-8-15/h4-11,14H,3,12-13H2,1-2H3,(H,23,26). The van der Waals surface area contributed by atoms with E-state index >= 15 is 0 Å². The van der Waals surface area contributed by atoms with Gasteiger partial charge in [0.15, 0.2) is 0 Å². The fraction of sp³-hybridized carbons (Fsp3) is 0.300. The molecule has 0 saturated heterocycles. The lowest BCUT2D eigenvalue weighted by molar-refractivity contribution is -0.140. The summed E-state index contributed by atoms with van der Waals surface area (Å²) in [6.07, 6.45) is 0.0879. The summed E-state index contributed by atoms with van der Waals surface area (Å²) >= 11 is 6.03. The van der Waals surface area contributed by atoms with Crippen molar-refractivity contribution in [1.82, 2.24) is 10.2 Å². The van der Waals surface area contributed by atoms with Crippen LogP contribution in [0.15, 0.2) is 48.5 Å². The first kappa shape index (κ1) is 19.9. The van der Waals surface area contributed by atoms with Gasteiger partial charge in [0.1, 0.15) is 11.9 Å². The molecule has 1 unspecified atom stereocenters. The van der Waals surface area contributed by atoms with Crippen molar-refractivity contribution in [3.8, 4) is 0 Å². The maximum Gasteiger partial charge on any atom is 0.242 e. The van der Waals surface area contributed by atoms with E-state index < -0.39 is 6.04 Å². The Kier molecular flexibility index (Phi) is 7.16. The molecule has 0 aliphatic heterocycles. The molecular formula is C20H22ClFN2O2. The zero-order valence-corrected chi connectivity index (χ0v) is 15.6. The molecule has 4 nitrogen and oxygen atoms in total. The van der Waals surface area contributed by atoms with Crippen molar-refractivity contribution < 1.29 is 14.0 Å². The van der Waals surface area contributed by atoms with Crippen LogP contribution in [0.3, 0.4) is 0 Å². The molecular weight excluding hydrogens is 355 g/mol. The van der Waals surface area contributed by atoms with Gasteiger partial charge in [0.2, 0.25) is 11.8 Å². The number of benzene rings is 2. The van der Waals surface area contributed by atoms with Crippen LogP contribution < -0.4 is 5.32 Å². The third-order valence-corrected chi connectivity index (χ3v) is 4.26. The molecule has 0 aliphatic rings. The first-order valence-electron chi connectivity index (χ1n) is 8.46. The van der Waals surface area contributed by atoms with Crippen LogP contribution in [0.2, 0.25) is 5.02 Å². The van der Waals surface area contributed by atoms with Crippen molar-refractivity contribution in [2.45, 2.75) is 32.9 Å². The molecule has 138 valence electrons. The summed E-state index contributed by atoms with van der Waals surface area (Å²) in [5, 5.41) is 3.31. The topological polar surface area (TPSA) is 49.4 Å². The molecule has 26 heavy (non-hydrogen) atoms. The number of halogens is 2. The molecule has 2 aromatic carbocycles. The summed E-state index contributed by atoms with van der Waals surface area (Å²) in [7, 11) is 0. The van der Waals surface area contributed by atoms with E-state index in [0.717, 1.165) is 5.56 Å². The van der Waals surface area contributed by atoms with E-state index in [1.54, 1.807) is 37.3 Å². The molecule has 6 heteroatoms. The summed E-state index contributed by atoms with van der Waals surface area (Å²) in [5.74, 6) is -0.787. The Labute approximate surface area is 158 Å². The van der Waals surface area contributed by atoms with Crippen LogP contribution in [0.1, 0.15) is 25.0 Å². The minimum Gasteiger partial charge on any atom is -0.355 e. The number of nitrogens with zero attached hydrogens (tertiary/aromatic N) is 1. The molecule has 2 aromatic rings. The van der Waals surface area contributed by atoms with Crippen LogP contribution in [0.5, 0.6) is 0 Å². The number of rotatable bonds is 7. The quantitative estimate of drug-likeness (QED) is 0.803. The summed E-state index contributed by atoms with van der Waals surface area (Å²) < 4.78 is 13.1. The number of hydrogen-bond acceptors (Lipinski definition) is 2. The van der Waals surface area contributed by atoms with Crippen LogP contribution in [0, 0.1) is 5.82 Å². The highest BCUT2D eigenvalue weighted by Crippen LogP contribution is 2.16. The zero-order chi connectivity index (χ0) is 19.1. The van der Waals surface area contributed by atoms with Gasteiger partial charge in [-0.1, -0.05) is 35.9 Å². The van der Waals surface area contributed by atoms with E-state index in [4.69, 9.17) is 11.6 Å². The lowest BCUT2D eigenvalue weighted by Crippen LogP contribution is -2.48. The van der Waals surface area contributed by atoms with Crippen molar-refractivity contribution >= 4 is 23.4 Å². The van der Waals surface area contributed by atoms with Crippen LogP contribution in [0.25, 0.3) is 0 Å². The van der Waals surface area contributed by atoms with Crippen LogP contribution >= 0.6 is 11.6 Å². The third-order valence-electron chi connectivity index (χ3n) is 4.03.